The second-order valence-corrected chi connectivity index (χ2v) is 6.13. The minimum Gasteiger partial charge on any atom is -0.270 e. The number of hydrogen-bond acceptors (Lipinski definition) is 2. The van der Waals surface area contributed by atoms with Crippen molar-refractivity contribution in [3.05, 3.63) is 33.8 Å². The van der Waals surface area contributed by atoms with Gasteiger partial charge in [-0.25, -0.2) is 5.01 Å². The molecule has 1 aliphatic heterocycles. The van der Waals surface area contributed by atoms with E-state index in [4.69, 9.17) is 46.4 Å². The second-order valence-electron chi connectivity index (χ2n) is 4.25. The molecule has 1 aromatic rings. The fourth-order valence-electron chi connectivity index (χ4n) is 1.95. The number of nitrogens with zero attached hydrogens (tertiary/aromatic N) is 2. The number of rotatable bonds is 2. The van der Waals surface area contributed by atoms with Gasteiger partial charge in [0, 0.05) is 17.1 Å². The molecule has 0 aromatic heterocycles. The van der Waals surface area contributed by atoms with E-state index in [0.717, 1.165) is 0 Å². The number of carbonyl (C=O) groups excluding carboxylic acids is 1. The predicted octanol–water partition coefficient (Wildman–Crippen LogP) is 4.10. The summed E-state index contributed by atoms with van der Waals surface area (Å²) < 4.78 is 0. The molecule has 1 heterocycles. The van der Waals surface area contributed by atoms with Crippen LogP contribution in [0, 0.1) is 0 Å². The number of hydrogen-bond donors (Lipinski definition) is 0. The van der Waals surface area contributed by atoms with E-state index in [1.54, 1.807) is 25.1 Å². The molecule has 2 rings (SSSR count). The number of alkyl halides is 2. The molecule has 1 aromatic carbocycles. The molecule has 2 unspecified atom stereocenters. The van der Waals surface area contributed by atoms with Crippen LogP contribution < -0.4 is 0 Å². The van der Waals surface area contributed by atoms with Crippen molar-refractivity contribution in [3.8, 4) is 0 Å². The molecular weight excluding hydrogens is 330 g/mol. The van der Waals surface area contributed by atoms with E-state index in [2.05, 4.69) is 5.10 Å². The van der Waals surface area contributed by atoms with Crippen LogP contribution in [-0.2, 0) is 4.79 Å². The maximum absolute atomic E-state index is 12.2. The highest BCUT2D eigenvalue weighted by Crippen LogP contribution is 2.45. The SMILES string of the molecule is CC1=NN(C)C(=O)C1(Cl)C(Cl)c1ccc(Cl)cc1Cl. The van der Waals surface area contributed by atoms with Crippen molar-refractivity contribution in [2.24, 2.45) is 5.10 Å². The van der Waals surface area contributed by atoms with E-state index in [1.165, 1.54) is 12.1 Å². The first kappa shape index (κ1) is 14.9. The maximum atomic E-state index is 12.2. The summed E-state index contributed by atoms with van der Waals surface area (Å²) in [6.07, 6.45) is 0. The van der Waals surface area contributed by atoms with E-state index in [1.807, 2.05) is 0 Å². The fraction of sp³-hybridized carbons (Fsp3) is 0.333. The van der Waals surface area contributed by atoms with Gasteiger partial charge in [-0.15, -0.1) is 11.6 Å². The third-order valence-corrected chi connectivity index (χ3v) is 4.91. The summed E-state index contributed by atoms with van der Waals surface area (Å²) in [6, 6.07) is 4.86. The first-order valence-electron chi connectivity index (χ1n) is 5.40. The molecule has 1 amide bonds. The van der Waals surface area contributed by atoms with Crippen LogP contribution in [0.1, 0.15) is 17.9 Å². The predicted molar refractivity (Wildman–Crippen MR) is 79.5 cm³/mol. The number of halogens is 4. The number of benzene rings is 1. The Morgan fingerprint density at radius 3 is 2.47 bits per heavy atom. The average molecular weight is 340 g/mol. The minimum absolute atomic E-state index is 0.364. The van der Waals surface area contributed by atoms with Crippen molar-refractivity contribution < 1.29 is 4.79 Å². The normalized spacial score (nSPS) is 24.6. The summed E-state index contributed by atoms with van der Waals surface area (Å²) >= 11 is 24.7. The molecule has 19 heavy (non-hydrogen) atoms. The molecule has 2 atom stereocenters. The van der Waals surface area contributed by atoms with Gasteiger partial charge in [0.05, 0.1) is 11.1 Å². The zero-order valence-corrected chi connectivity index (χ0v) is 13.1. The Morgan fingerprint density at radius 2 is 2.00 bits per heavy atom. The van der Waals surface area contributed by atoms with Gasteiger partial charge in [0.1, 0.15) is 0 Å². The first-order valence-corrected chi connectivity index (χ1v) is 6.97. The molecule has 0 saturated heterocycles. The minimum atomic E-state index is -1.42. The molecule has 0 radical (unpaired) electrons. The number of amides is 1. The van der Waals surface area contributed by atoms with Gasteiger partial charge in [-0.2, -0.15) is 5.10 Å². The van der Waals surface area contributed by atoms with Crippen molar-refractivity contribution >= 4 is 58.0 Å². The van der Waals surface area contributed by atoms with Crippen LogP contribution in [0.2, 0.25) is 10.0 Å². The van der Waals surface area contributed by atoms with Crippen molar-refractivity contribution in [2.45, 2.75) is 17.2 Å². The van der Waals surface area contributed by atoms with Gasteiger partial charge < -0.3 is 0 Å². The molecule has 3 nitrogen and oxygen atoms in total. The van der Waals surface area contributed by atoms with Gasteiger partial charge >= 0.3 is 0 Å². The summed E-state index contributed by atoms with van der Waals surface area (Å²) in [7, 11) is 1.53. The average Bonchev–Trinajstić information content (AvgIpc) is 2.53. The lowest BCUT2D eigenvalue weighted by atomic mass is 9.93. The Balaban J connectivity index is 2.47. The lowest BCUT2D eigenvalue weighted by Crippen LogP contribution is -2.43. The standard InChI is InChI=1S/C12H10Cl4N2O/c1-6-12(16,11(19)18(2)17-6)10(15)8-4-3-7(13)5-9(8)14/h3-5,10H,1-2H3. The summed E-state index contributed by atoms with van der Waals surface area (Å²) in [5.74, 6) is -0.377. The molecule has 0 N–H and O–H groups in total. The van der Waals surface area contributed by atoms with Crippen molar-refractivity contribution in [2.75, 3.05) is 7.05 Å². The summed E-state index contributed by atoms with van der Waals surface area (Å²) in [5, 5.41) is 5.23. The zero-order chi connectivity index (χ0) is 14.4. The second kappa shape index (κ2) is 5.13. The largest absolute Gasteiger partial charge is 0.271 e. The summed E-state index contributed by atoms with van der Waals surface area (Å²) in [4.78, 5) is 10.7. The smallest absolute Gasteiger partial charge is 0.270 e. The topological polar surface area (TPSA) is 32.7 Å². The Hall–Kier alpha value is -0.480. The van der Waals surface area contributed by atoms with E-state index >= 15 is 0 Å². The fourth-order valence-corrected chi connectivity index (χ4v) is 3.24. The van der Waals surface area contributed by atoms with Crippen molar-refractivity contribution in [3.63, 3.8) is 0 Å². The molecule has 0 aliphatic carbocycles. The summed E-state index contributed by atoms with van der Waals surface area (Å²) in [5.41, 5.74) is 0.980. The Bertz CT molecular complexity index is 575. The highest BCUT2D eigenvalue weighted by Gasteiger charge is 2.53. The molecule has 0 spiro atoms. The van der Waals surface area contributed by atoms with E-state index in [-0.39, 0.29) is 5.91 Å². The Labute approximate surface area is 131 Å². The highest BCUT2D eigenvalue weighted by molar-refractivity contribution is 6.53. The van der Waals surface area contributed by atoms with Gasteiger partial charge in [0.2, 0.25) is 0 Å². The van der Waals surface area contributed by atoms with Crippen LogP contribution in [0.15, 0.2) is 23.3 Å². The third-order valence-electron chi connectivity index (χ3n) is 3.02. The number of hydrazone groups is 1. The molecular formula is C12H10Cl4N2O. The van der Waals surface area contributed by atoms with Crippen LogP contribution in [0.3, 0.4) is 0 Å². The third kappa shape index (κ3) is 2.33. The van der Waals surface area contributed by atoms with E-state index < -0.39 is 10.3 Å². The molecule has 102 valence electrons. The quantitative estimate of drug-likeness (QED) is 0.746. The van der Waals surface area contributed by atoms with Gasteiger partial charge in [0.15, 0.2) is 4.87 Å². The van der Waals surface area contributed by atoms with Gasteiger partial charge in [0.25, 0.3) is 5.91 Å². The zero-order valence-electron chi connectivity index (χ0n) is 10.1. The van der Waals surface area contributed by atoms with Crippen LogP contribution in [-0.4, -0.2) is 28.5 Å². The van der Waals surface area contributed by atoms with Gasteiger partial charge in [-0.1, -0.05) is 40.9 Å². The molecule has 1 aliphatic rings. The first-order chi connectivity index (χ1) is 8.78. The van der Waals surface area contributed by atoms with Crippen LogP contribution in [0.25, 0.3) is 0 Å². The van der Waals surface area contributed by atoms with Crippen LogP contribution in [0.4, 0.5) is 0 Å². The van der Waals surface area contributed by atoms with Crippen LogP contribution in [0.5, 0.6) is 0 Å². The van der Waals surface area contributed by atoms with Gasteiger partial charge in [-0.3, -0.25) is 4.79 Å². The Morgan fingerprint density at radius 1 is 1.37 bits per heavy atom. The highest BCUT2D eigenvalue weighted by atomic mass is 35.5. The molecule has 7 heteroatoms. The van der Waals surface area contributed by atoms with E-state index in [9.17, 15) is 4.79 Å². The lowest BCUT2D eigenvalue weighted by molar-refractivity contribution is -0.129. The van der Waals surface area contributed by atoms with Crippen LogP contribution >= 0.6 is 46.4 Å². The van der Waals surface area contributed by atoms with E-state index in [0.29, 0.717) is 21.3 Å². The van der Waals surface area contributed by atoms with Gasteiger partial charge in [-0.05, 0) is 24.6 Å². The summed E-state index contributed by atoms with van der Waals surface area (Å²) in [6.45, 7) is 1.66. The maximum Gasteiger partial charge on any atom is 0.271 e. The molecule has 0 saturated carbocycles. The molecule has 0 fully saturated rings. The van der Waals surface area contributed by atoms with Crippen molar-refractivity contribution in [1.82, 2.24) is 5.01 Å². The number of carbonyl (C=O) groups is 1. The monoisotopic (exact) mass is 338 g/mol. The lowest BCUT2D eigenvalue weighted by Gasteiger charge is -2.26. The Kier molecular flexibility index (Phi) is 4.03. The molecule has 0 bridgehead atoms. The van der Waals surface area contributed by atoms with Crippen molar-refractivity contribution in [1.29, 1.82) is 0 Å².